The van der Waals surface area contributed by atoms with Crippen LogP contribution in [0.3, 0.4) is 0 Å². The van der Waals surface area contributed by atoms with Gasteiger partial charge in [0.05, 0.1) is 0 Å². The number of Topliss-reactive ketones (excluding diaryl/α,β-unsaturated/α-hetero) is 1. The van der Waals surface area contributed by atoms with E-state index in [0.29, 0.717) is 0 Å². The molecule has 0 aromatic rings. The van der Waals surface area contributed by atoms with Crippen molar-refractivity contribution < 1.29 is 9.59 Å². The number of amides is 1. The number of nitrogens with zero attached hydrogens (tertiary/aromatic N) is 1. The second-order valence-corrected chi connectivity index (χ2v) is 3.22. The molecular formula is C9H13NO2. The first-order valence-corrected chi connectivity index (χ1v) is 3.92. The molecule has 0 aromatic heterocycles. The van der Waals surface area contributed by atoms with Crippen molar-refractivity contribution in [1.82, 2.24) is 4.90 Å². The Morgan fingerprint density at radius 1 is 1.58 bits per heavy atom. The van der Waals surface area contributed by atoms with Crippen LogP contribution < -0.4 is 0 Å². The summed E-state index contributed by atoms with van der Waals surface area (Å²) in [5, 5.41) is 0. The molecule has 3 heteroatoms. The zero-order chi connectivity index (χ0) is 9.52. The highest BCUT2D eigenvalue weighted by Gasteiger charge is 2.54. The lowest BCUT2D eigenvalue weighted by Crippen LogP contribution is -2.59. The highest BCUT2D eigenvalue weighted by molar-refractivity contribution is 6.13. The van der Waals surface area contributed by atoms with E-state index >= 15 is 0 Å². The average molecular weight is 167 g/mol. The second-order valence-electron chi connectivity index (χ2n) is 3.22. The van der Waals surface area contributed by atoms with Crippen LogP contribution in [0.2, 0.25) is 0 Å². The summed E-state index contributed by atoms with van der Waals surface area (Å²) in [6.07, 6.45) is 1.81. The molecule has 1 fully saturated rings. The molecule has 1 rings (SSSR count). The Morgan fingerprint density at radius 2 is 2.08 bits per heavy atom. The van der Waals surface area contributed by atoms with Crippen LogP contribution >= 0.6 is 0 Å². The minimum atomic E-state index is -0.872. The van der Waals surface area contributed by atoms with Crippen LogP contribution in [0, 0.1) is 5.41 Å². The smallest absolute Gasteiger partial charge is 0.245 e. The molecule has 3 nitrogen and oxygen atoms in total. The van der Waals surface area contributed by atoms with Gasteiger partial charge in [-0.05, 0) is 20.8 Å². The van der Waals surface area contributed by atoms with E-state index < -0.39 is 5.41 Å². The molecule has 0 bridgehead atoms. The Kier molecular flexibility index (Phi) is 1.82. The van der Waals surface area contributed by atoms with Crippen LogP contribution in [0.4, 0.5) is 0 Å². The van der Waals surface area contributed by atoms with Gasteiger partial charge in [0, 0.05) is 12.7 Å². The molecule has 12 heavy (non-hydrogen) atoms. The summed E-state index contributed by atoms with van der Waals surface area (Å²) < 4.78 is 0. The fourth-order valence-electron chi connectivity index (χ4n) is 1.65. The molecule has 1 heterocycles. The Hall–Kier alpha value is -1.12. The number of ketones is 1. The SMILES string of the molecule is C/C=C1/N(C)C(=O)C1(C)C(C)=O. The Morgan fingerprint density at radius 3 is 2.33 bits per heavy atom. The minimum absolute atomic E-state index is 0.0845. The lowest BCUT2D eigenvalue weighted by molar-refractivity contribution is -0.154. The largest absolute Gasteiger partial charge is 0.317 e. The second kappa shape index (κ2) is 2.44. The third-order valence-corrected chi connectivity index (χ3v) is 2.58. The third-order valence-electron chi connectivity index (χ3n) is 2.58. The van der Waals surface area contributed by atoms with Crippen molar-refractivity contribution in [2.45, 2.75) is 20.8 Å². The molecule has 0 aromatic carbocycles. The van der Waals surface area contributed by atoms with Gasteiger partial charge in [-0.3, -0.25) is 9.59 Å². The van der Waals surface area contributed by atoms with Crippen LogP contribution in [0.5, 0.6) is 0 Å². The van der Waals surface area contributed by atoms with Crippen LogP contribution in [0.1, 0.15) is 20.8 Å². The zero-order valence-electron chi connectivity index (χ0n) is 7.84. The molecule has 0 spiro atoms. The van der Waals surface area contributed by atoms with Crippen LogP contribution in [0.15, 0.2) is 11.8 Å². The Balaban J connectivity index is 3.09. The van der Waals surface area contributed by atoms with Gasteiger partial charge in [-0.2, -0.15) is 0 Å². The predicted octanol–water partition coefficient (Wildman–Crippen LogP) is 0.958. The normalized spacial score (nSPS) is 32.2. The summed E-state index contributed by atoms with van der Waals surface area (Å²) in [6, 6.07) is 0. The molecule has 0 saturated carbocycles. The van der Waals surface area contributed by atoms with Gasteiger partial charge < -0.3 is 4.90 Å². The average Bonchev–Trinajstić information content (AvgIpc) is 2.04. The Bertz CT molecular complexity index is 280. The molecule has 1 aliphatic rings. The third kappa shape index (κ3) is 0.763. The number of hydrogen-bond acceptors (Lipinski definition) is 2. The number of likely N-dealkylation sites (tertiary alicyclic amines) is 1. The molecule has 0 radical (unpaired) electrons. The molecule has 0 aliphatic carbocycles. The van der Waals surface area contributed by atoms with Crippen molar-refractivity contribution in [3.63, 3.8) is 0 Å². The quantitative estimate of drug-likeness (QED) is 0.431. The van der Waals surface area contributed by atoms with E-state index in [2.05, 4.69) is 0 Å². The van der Waals surface area contributed by atoms with Crippen molar-refractivity contribution in [1.29, 1.82) is 0 Å². The zero-order valence-corrected chi connectivity index (χ0v) is 7.84. The fourth-order valence-corrected chi connectivity index (χ4v) is 1.65. The first-order chi connectivity index (χ1) is 5.46. The summed E-state index contributed by atoms with van der Waals surface area (Å²) in [5.41, 5.74) is -0.0660. The summed E-state index contributed by atoms with van der Waals surface area (Å²) in [7, 11) is 1.68. The van der Waals surface area contributed by atoms with Crippen LogP contribution in [-0.2, 0) is 9.59 Å². The lowest BCUT2D eigenvalue weighted by atomic mass is 9.74. The van der Waals surface area contributed by atoms with E-state index in [1.165, 1.54) is 11.8 Å². The predicted molar refractivity (Wildman–Crippen MR) is 45.3 cm³/mol. The van der Waals surface area contributed by atoms with E-state index in [-0.39, 0.29) is 11.7 Å². The summed E-state index contributed by atoms with van der Waals surface area (Å²) in [6.45, 7) is 4.96. The van der Waals surface area contributed by atoms with Gasteiger partial charge in [0.1, 0.15) is 5.41 Å². The number of rotatable bonds is 1. The molecule has 1 saturated heterocycles. The van der Waals surface area contributed by atoms with Crippen molar-refractivity contribution >= 4 is 11.7 Å². The molecule has 66 valence electrons. The minimum Gasteiger partial charge on any atom is -0.317 e. The highest BCUT2D eigenvalue weighted by Crippen LogP contribution is 2.41. The molecule has 1 aliphatic heterocycles. The van der Waals surface area contributed by atoms with E-state index in [1.54, 1.807) is 14.0 Å². The monoisotopic (exact) mass is 167 g/mol. The van der Waals surface area contributed by atoms with Gasteiger partial charge in [0.15, 0.2) is 5.78 Å². The first-order valence-electron chi connectivity index (χ1n) is 3.92. The summed E-state index contributed by atoms with van der Waals surface area (Å²) >= 11 is 0. The lowest BCUT2D eigenvalue weighted by Gasteiger charge is -2.45. The Labute approximate surface area is 72.0 Å². The summed E-state index contributed by atoms with van der Waals surface area (Å²) in [4.78, 5) is 24.1. The maximum absolute atomic E-state index is 11.4. The highest BCUT2D eigenvalue weighted by atomic mass is 16.2. The van der Waals surface area contributed by atoms with Gasteiger partial charge in [0.2, 0.25) is 5.91 Å². The maximum Gasteiger partial charge on any atom is 0.245 e. The molecule has 1 amide bonds. The van der Waals surface area contributed by atoms with E-state index in [1.807, 2.05) is 13.0 Å². The van der Waals surface area contributed by atoms with E-state index in [0.717, 1.165) is 5.70 Å². The van der Waals surface area contributed by atoms with Crippen molar-refractivity contribution in [2.24, 2.45) is 5.41 Å². The van der Waals surface area contributed by atoms with Gasteiger partial charge in [0.25, 0.3) is 0 Å². The van der Waals surface area contributed by atoms with Crippen LogP contribution in [0.25, 0.3) is 0 Å². The number of β-lactam (4-membered cyclic amide) rings is 1. The topological polar surface area (TPSA) is 37.4 Å². The van der Waals surface area contributed by atoms with Gasteiger partial charge in [-0.1, -0.05) is 6.08 Å². The van der Waals surface area contributed by atoms with Crippen LogP contribution in [-0.4, -0.2) is 23.6 Å². The number of carbonyl (C=O) groups excluding carboxylic acids is 2. The number of allylic oxidation sites excluding steroid dienone is 1. The molecular weight excluding hydrogens is 154 g/mol. The van der Waals surface area contributed by atoms with Crippen molar-refractivity contribution in [3.05, 3.63) is 11.8 Å². The van der Waals surface area contributed by atoms with Crippen molar-refractivity contribution in [3.8, 4) is 0 Å². The van der Waals surface area contributed by atoms with Gasteiger partial charge in [-0.15, -0.1) is 0 Å². The van der Waals surface area contributed by atoms with E-state index in [4.69, 9.17) is 0 Å². The fraction of sp³-hybridized carbons (Fsp3) is 0.556. The van der Waals surface area contributed by atoms with E-state index in [9.17, 15) is 9.59 Å². The molecule has 1 unspecified atom stereocenters. The number of carbonyl (C=O) groups is 2. The maximum atomic E-state index is 11.4. The standard InChI is InChI=1S/C9H13NO2/c1-5-7-9(3,6(2)11)8(12)10(7)4/h5H,1-4H3/b7-5+. The molecule has 1 atom stereocenters. The first kappa shape index (κ1) is 8.97. The molecule has 0 N–H and O–H groups in total. The summed E-state index contributed by atoms with van der Waals surface area (Å²) in [5.74, 6) is -0.193. The van der Waals surface area contributed by atoms with Crippen molar-refractivity contribution in [2.75, 3.05) is 7.05 Å². The van der Waals surface area contributed by atoms with Gasteiger partial charge in [-0.25, -0.2) is 0 Å². The van der Waals surface area contributed by atoms with Gasteiger partial charge >= 0.3 is 0 Å². The number of hydrogen-bond donors (Lipinski definition) is 0.